The second-order valence-corrected chi connectivity index (χ2v) is 19.9. The van der Waals surface area contributed by atoms with E-state index in [0.717, 1.165) is 107 Å². The van der Waals surface area contributed by atoms with Gasteiger partial charge in [0, 0.05) is 50.7 Å². The predicted octanol–water partition coefficient (Wildman–Crippen LogP) is 11.0. The topological polar surface area (TPSA) is 162 Å². The minimum atomic E-state index is -0.368. The normalized spacial score (nSPS) is 16.6. The van der Waals surface area contributed by atoms with Crippen LogP contribution in [0, 0.1) is 31.3 Å². The molecule has 10 aromatic rings. The van der Waals surface area contributed by atoms with Crippen LogP contribution in [-0.2, 0) is 9.31 Å². The molecule has 0 atom stereocenters. The van der Waals surface area contributed by atoms with Gasteiger partial charge in [-0.3, -0.25) is 4.40 Å². The third-order valence-corrected chi connectivity index (χ3v) is 14.2. The van der Waals surface area contributed by atoms with Gasteiger partial charge in [-0.05, 0) is 163 Å². The number of hydrogen-bond acceptors (Lipinski definition) is 10. The number of nitrogens with zero attached hydrogens (tertiary/aromatic N) is 8. The van der Waals surface area contributed by atoms with Crippen LogP contribution < -0.4 is 5.59 Å². The van der Waals surface area contributed by atoms with E-state index < -0.39 is 0 Å². The van der Waals surface area contributed by atoms with Crippen LogP contribution in [0.15, 0.2) is 94.5 Å². The molecule has 3 fully saturated rings. The molecule has 0 radical (unpaired) electrons. The van der Waals surface area contributed by atoms with Gasteiger partial charge in [0.15, 0.2) is 0 Å². The summed E-state index contributed by atoms with van der Waals surface area (Å²) < 4.78 is 28.0. The van der Waals surface area contributed by atoms with E-state index in [2.05, 4.69) is 109 Å². The van der Waals surface area contributed by atoms with Gasteiger partial charge in [-0.25, -0.2) is 19.9 Å². The van der Waals surface area contributed by atoms with Crippen molar-refractivity contribution in [3.63, 3.8) is 0 Å². The highest BCUT2D eigenvalue weighted by molar-refractivity contribution is 14.1. The number of rotatable bonds is 6. The van der Waals surface area contributed by atoms with Crippen molar-refractivity contribution >= 4 is 68.7 Å². The second-order valence-electron chi connectivity index (χ2n) is 18.7. The van der Waals surface area contributed by atoms with Gasteiger partial charge in [-0.1, -0.05) is 22.4 Å². The van der Waals surface area contributed by atoms with Crippen molar-refractivity contribution in [2.45, 2.75) is 104 Å². The minimum Gasteiger partial charge on any atom is -0.398 e. The highest BCUT2D eigenvalue weighted by atomic mass is 127. The summed E-state index contributed by atoms with van der Waals surface area (Å²) in [5.41, 5.74) is 14.6. The maximum atomic E-state index is 6.03. The van der Waals surface area contributed by atoms with Crippen LogP contribution in [0.3, 0.4) is 0 Å². The monoisotopic (exact) mass is 992 g/mol. The third kappa shape index (κ3) is 7.61. The molecule has 13 rings (SSSR count). The molecule has 334 valence electrons. The first-order valence-corrected chi connectivity index (χ1v) is 23.6. The average molecular weight is 993 g/mol. The van der Waals surface area contributed by atoms with Crippen molar-refractivity contribution in [1.29, 1.82) is 0 Å². The van der Waals surface area contributed by atoms with Crippen molar-refractivity contribution in [1.82, 2.24) is 49.0 Å². The number of hydrogen-bond donors (Lipinski definition) is 2. The zero-order valence-electron chi connectivity index (χ0n) is 38.2. The molecule has 8 aromatic heterocycles. The number of nitrogens with one attached hydrogen (secondary N) is 2. The molecule has 2 aromatic carbocycles. The van der Waals surface area contributed by atoms with E-state index in [1.54, 1.807) is 0 Å². The third-order valence-electron chi connectivity index (χ3n) is 13.4. The van der Waals surface area contributed by atoms with Gasteiger partial charge < -0.3 is 32.7 Å². The summed E-state index contributed by atoms with van der Waals surface area (Å²) in [6.45, 7) is 16.1. The Morgan fingerprint density at radius 3 is 1.73 bits per heavy atom. The first-order valence-electron chi connectivity index (χ1n) is 22.5. The van der Waals surface area contributed by atoms with E-state index in [1.165, 1.54) is 29.3 Å². The van der Waals surface area contributed by atoms with Crippen molar-refractivity contribution in [3.8, 4) is 33.5 Å². The molecule has 2 N–H and O–H groups in total. The van der Waals surface area contributed by atoms with Gasteiger partial charge in [0.2, 0.25) is 0 Å². The summed E-state index contributed by atoms with van der Waals surface area (Å²) in [6, 6.07) is 20.6. The van der Waals surface area contributed by atoms with Crippen molar-refractivity contribution in [2.75, 3.05) is 0 Å². The maximum Gasteiger partial charge on any atom is 0.514 e. The molecule has 16 heteroatoms. The van der Waals surface area contributed by atoms with Gasteiger partial charge in [-0.2, -0.15) is 0 Å². The van der Waals surface area contributed by atoms with Crippen molar-refractivity contribution in [2.24, 2.45) is 0 Å². The van der Waals surface area contributed by atoms with Crippen LogP contribution in [0.2, 0.25) is 0 Å². The van der Waals surface area contributed by atoms with E-state index in [1.807, 2.05) is 93.3 Å². The van der Waals surface area contributed by atoms with Gasteiger partial charge in [0.05, 0.1) is 56.6 Å². The summed E-state index contributed by atoms with van der Waals surface area (Å²) in [5, 5.41) is 8.18. The molecule has 9 heterocycles. The summed E-state index contributed by atoms with van der Waals surface area (Å²) in [5.74, 6) is 5.10. The first kappa shape index (κ1) is 42.5. The number of halogens is 1. The lowest BCUT2D eigenvalue weighted by Gasteiger charge is -2.32. The second kappa shape index (κ2) is 16.1. The Balaban J connectivity index is 0.000000113. The zero-order valence-corrected chi connectivity index (χ0v) is 40.4. The quantitative estimate of drug-likeness (QED) is 0.121. The maximum absolute atomic E-state index is 6.03. The Hall–Kier alpha value is -6.11. The highest BCUT2D eigenvalue weighted by Crippen LogP contribution is 2.43. The van der Waals surface area contributed by atoms with Gasteiger partial charge >= 0.3 is 7.12 Å². The largest absolute Gasteiger partial charge is 0.514 e. The molecule has 0 amide bonds. The van der Waals surface area contributed by atoms with E-state index in [4.69, 9.17) is 28.3 Å². The molecule has 66 heavy (non-hydrogen) atoms. The van der Waals surface area contributed by atoms with E-state index in [9.17, 15) is 0 Å². The average Bonchev–Trinajstić information content (AvgIpc) is 3.91. The van der Waals surface area contributed by atoms with E-state index >= 15 is 0 Å². The lowest BCUT2D eigenvalue weighted by Crippen LogP contribution is -2.41. The number of fused-ring (bicyclic) bond motifs is 4. The van der Waals surface area contributed by atoms with Crippen molar-refractivity contribution < 1.29 is 18.4 Å². The van der Waals surface area contributed by atoms with E-state index in [-0.39, 0.29) is 18.3 Å². The number of aryl methyl sites for hydroxylation is 4. The molecular weight excluding hydrogens is 942 g/mol. The zero-order chi connectivity index (χ0) is 45.6. The fourth-order valence-corrected chi connectivity index (χ4v) is 9.57. The molecular formula is C50H50BIN10O4. The lowest BCUT2D eigenvalue weighted by molar-refractivity contribution is 0.00578. The Morgan fingerprint density at radius 2 is 1.17 bits per heavy atom. The van der Waals surface area contributed by atoms with Crippen LogP contribution in [0.25, 0.3) is 66.9 Å². The van der Waals surface area contributed by atoms with Crippen LogP contribution in [0.4, 0.5) is 0 Å². The molecule has 0 bridgehead atoms. The van der Waals surface area contributed by atoms with Gasteiger partial charge in [-0.15, -0.1) is 0 Å². The molecule has 0 spiro atoms. The van der Waals surface area contributed by atoms with E-state index in [0.29, 0.717) is 11.8 Å². The standard InChI is InChI=1S/C22H19N5O.C15H14IN3O.C13H17BN2O2/c1-12-20(13(2)28-26-12)15-9-16(18-11-23-19-5-3-4-8-27(18)19)21-17(10-15)24-22(25-21)14-6-7-14;1-7-13(8(2)20-19-7)10-5-11(16)14-12(6-10)17-15(18-14)9-3-4-9;1-12(2)13(3,4)18-14(17-12)10-9-15-11-7-5-6-8-16(10)11/h3-5,8-11,14H,6-7H2,1-2H3,(H,24,25);5-6,9H,3-4H2,1-2H3,(H,17,18);5-9H,1-4H3. The Kier molecular flexibility index (Phi) is 10.3. The van der Waals surface area contributed by atoms with Crippen molar-refractivity contribution in [3.05, 3.63) is 124 Å². The summed E-state index contributed by atoms with van der Waals surface area (Å²) in [4.78, 5) is 25.7. The number of H-pyrrole nitrogens is 2. The molecule has 3 aliphatic rings. The van der Waals surface area contributed by atoms with Crippen LogP contribution in [0.5, 0.6) is 0 Å². The number of imidazole rings is 4. The van der Waals surface area contributed by atoms with Gasteiger partial charge in [0.1, 0.15) is 40.0 Å². The molecule has 2 saturated carbocycles. The summed E-state index contributed by atoms with van der Waals surface area (Å²) in [6.07, 6.45) is 12.7. The number of benzene rings is 2. The number of aromatic amines is 2. The fourth-order valence-electron chi connectivity index (χ4n) is 8.83. The summed E-state index contributed by atoms with van der Waals surface area (Å²) >= 11 is 2.36. The lowest BCUT2D eigenvalue weighted by atomic mass is 9.85. The molecule has 1 aliphatic heterocycles. The number of aromatic nitrogens is 10. The predicted molar refractivity (Wildman–Crippen MR) is 264 cm³/mol. The van der Waals surface area contributed by atoms with Crippen LogP contribution in [-0.4, -0.2) is 67.3 Å². The number of pyridine rings is 2. The Labute approximate surface area is 395 Å². The fraction of sp³-hybridized carbons (Fsp3) is 0.320. The molecule has 0 unspecified atom stereocenters. The SMILES string of the molecule is CC1(C)OB(c2cnc3ccccn23)OC1(C)C.Cc1noc(C)c1-c1cc(-c2cnc3ccccn23)c2nc(C3CC3)[nH]c2c1.Cc1noc(C)c1-c1cc(I)c2nc(C3CC3)[nH]c2c1. The highest BCUT2D eigenvalue weighted by Gasteiger charge is 2.52. The Bertz CT molecular complexity index is 3400. The Morgan fingerprint density at radius 1 is 0.652 bits per heavy atom. The molecule has 14 nitrogen and oxygen atoms in total. The smallest absolute Gasteiger partial charge is 0.398 e. The first-order chi connectivity index (χ1) is 31.7. The molecule has 1 saturated heterocycles. The molecule has 2 aliphatic carbocycles. The van der Waals surface area contributed by atoms with Crippen LogP contribution >= 0.6 is 22.6 Å². The van der Waals surface area contributed by atoms with Gasteiger partial charge in [0.25, 0.3) is 0 Å². The van der Waals surface area contributed by atoms with Crippen LogP contribution in [0.1, 0.15) is 99.8 Å². The summed E-state index contributed by atoms with van der Waals surface area (Å²) in [7, 11) is -0.368. The minimum absolute atomic E-state index is 0.323.